The van der Waals surface area contributed by atoms with Crippen LogP contribution in [0.1, 0.15) is 39.9 Å². The van der Waals surface area contributed by atoms with Gasteiger partial charge in [-0.2, -0.15) is 5.10 Å². The summed E-state index contributed by atoms with van der Waals surface area (Å²) in [5.74, 6) is 1.57. The smallest absolute Gasteiger partial charge is 0.410 e. The lowest BCUT2D eigenvalue weighted by atomic mass is 10.2. The van der Waals surface area contributed by atoms with Crippen molar-refractivity contribution in [3.63, 3.8) is 0 Å². The lowest BCUT2D eigenvalue weighted by Crippen LogP contribution is -2.45. The van der Waals surface area contributed by atoms with Crippen molar-refractivity contribution in [2.45, 2.75) is 46.3 Å². The third-order valence-corrected chi connectivity index (χ3v) is 3.57. The van der Waals surface area contributed by atoms with E-state index in [9.17, 15) is 4.79 Å². The van der Waals surface area contributed by atoms with Crippen molar-refractivity contribution in [3.05, 3.63) is 12.2 Å². The molecule has 1 N–H and O–H groups in total. The minimum Gasteiger partial charge on any atom is -0.444 e. The van der Waals surface area contributed by atoms with Crippen LogP contribution in [0.25, 0.3) is 0 Å². The Bertz CT molecular complexity index is 598. The van der Waals surface area contributed by atoms with Crippen LogP contribution in [0.3, 0.4) is 0 Å². The summed E-state index contributed by atoms with van der Waals surface area (Å²) in [5, 5.41) is 7.35. The Morgan fingerprint density at radius 3 is 2.52 bits per heavy atom. The topological polar surface area (TPSA) is 87.9 Å². The molecule has 1 aromatic rings. The van der Waals surface area contributed by atoms with E-state index in [-0.39, 0.29) is 30.1 Å². The van der Waals surface area contributed by atoms with Gasteiger partial charge in [0.2, 0.25) is 0 Å². The van der Waals surface area contributed by atoms with Crippen molar-refractivity contribution in [3.8, 4) is 0 Å². The minimum absolute atomic E-state index is 0. The summed E-state index contributed by atoms with van der Waals surface area (Å²) >= 11 is 0. The number of amides is 1. The van der Waals surface area contributed by atoms with Crippen LogP contribution in [0.2, 0.25) is 0 Å². The predicted molar refractivity (Wildman–Crippen MR) is 117 cm³/mol. The Kier molecular flexibility index (Phi) is 11.3. The van der Waals surface area contributed by atoms with Crippen LogP contribution in [-0.4, -0.2) is 75.9 Å². The average molecular weight is 495 g/mol. The molecule has 0 unspecified atom stereocenters. The van der Waals surface area contributed by atoms with E-state index in [1.165, 1.54) is 6.33 Å². The molecule has 10 heteroatoms. The molecule has 0 radical (unpaired) electrons. The van der Waals surface area contributed by atoms with E-state index < -0.39 is 5.60 Å². The second kappa shape index (κ2) is 12.0. The van der Waals surface area contributed by atoms with Crippen LogP contribution in [-0.2, 0) is 18.3 Å². The maximum atomic E-state index is 12.3. The summed E-state index contributed by atoms with van der Waals surface area (Å²) in [4.78, 5) is 24.5. The summed E-state index contributed by atoms with van der Waals surface area (Å²) < 4.78 is 7.20. The van der Waals surface area contributed by atoms with Crippen LogP contribution >= 0.6 is 24.0 Å². The molecule has 0 saturated carbocycles. The molecular weight excluding hydrogens is 461 g/mol. The zero-order valence-corrected chi connectivity index (χ0v) is 19.9. The summed E-state index contributed by atoms with van der Waals surface area (Å²) in [7, 11) is 5.52. The molecular formula is C17H34IN7O2. The van der Waals surface area contributed by atoms with Crippen molar-refractivity contribution < 1.29 is 9.53 Å². The summed E-state index contributed by atoms with van der Waals surface area (Å²) in [6, 6.07) is 0. The molecule has 0 spiro atoms. The number of aryl methyl sites for hydroxylation is 1. The van der Waals surface area contributed by atoms with E-state index >= 15 is 0 Å². The van der Waals surface area contributed by atoms with E-state index in [1.54, 1.807) is 16.6 Å². The Morgan fingerprint density at radius 1 is 1.37 bits per heavy atom. The molecule has 0 aliphatic carbocycles. The molecule has 1 rings (SSSR count). The third-order valence-electron chi connectivity index (χ3n) is 3.57. The highest BCUT2D eigenvalue weighted by molar-refractivity contribution is 14.0. The van der Waals surface area contributed by atoms with Crippen molar-refractivity contribution >= 4 is 36.0 Å². The standard InChI is InChI=1S/C17H33N7O2.HI/c1-8-10-24(16(25)26-17(2,3)4)11-9-19-15(18-5)22(6)12-14-20-13-21-23(14)7;/h13H,8-12H2,1-7H3,(H,18,19);1H. The first-order valence-electron chi connectivity index (χ1n) is 8.90. The number of hydrogen-bond acceptors (Lipinski definition) is 5. The number of ether oxygens (including phenoxy) is 1. The van der Waals surface area contributed by atoms with Gasteiger partial charge in [0.05, 0.1) is 6.54 Å². The van der Waals surface area contributed by atoms with Crippen molar-refractivity contribution in [1.29, 1.82) is 0 Å². The fourth-order valence-electron chi connectivity index (χ4n) is 2.33. The van der Waals surface area contributed by atoms with Gasteiger partial charge in [-0.3, -0.25) is 9.67 Å². The number of aromatic nitrogens is 3. The SMILES string of the molecule is CCCN(CCNC(=NC)N(C)Cc1ncnn1C)C(=O)OC(C)(C)C.I. The minimum atomic E-state index is -0.497. The number of carbonyl (C=O) groups excluding carboxylic acids is 1. The Balaban J connectivity index is 0.00000676. The second-order valence-corrected chi connectivity index (χ2v) is 7.10. The molecule has 0 aliphatic rings. The first-order valence-corrected chi connectivity index (χ1v) is 8.90. The van der Waals surface area contributed by atoms with Gasteiger partial charge in [-0.15, -0.1) is 24.0 Å². The van der Waals surface area contributed by atoms with Gasteiger partial charge in [-0.25, -0.2) is 9.78 Å². The quantitative estimate of drug-likeness (QED) is 0.354. The first-order chi connectivity index (χ1) is 12.2. The number of nitrogens with zero attached hydrogens (tertiary/aromatic N) is 6. The van der Waals surface area contributed by atoms with E-state index in [0.29, 0.717) is 26.2 Å². The molecule has 27 heavy (non-hydrogen) atoms. The molecule has 0 saturated heterocycles. The first kappa shape index (κ1) is 25.4. The second-order valence-electron chi connectivity index (χ2n) is 7.10. The highest BCUT2D eigenvalue weighted by atomic mass is 127. The van der Waals surface area contributed by atoms with E-state index in [1.807, 2.05) is 46.7 Å². The fourth-order valence-corrected chi connectivity index (χ4v) is 2.33. The Morgan fingerprint density at radius 2 is 2.04 bits per heavy atom. The summed E-state index contributed by atoms with van der Waals surface area (Å²) in [6.07, 6.45) is 2.12. The van der Waals surface area contributed by atoms with Gasteiger partial charge in [0.25, 0.3) is 0 Å². The van der Waals surface area contributed by atoms with Gasteiger partial charge >= 0.3 is 6.09 Å². The Labute approximate surface area is 179 Å². The predicted octanol–water partition coefficient (Wildman–Crippen LogP) is 2.09. The maximum Gasteiger partial charge on any atom is 0.410 e. The molecule has 1 amide bonds. The number of hydrogen-bond donors (Lipinski definition) is 1. The molecule has 156 valence electrons. The van der Waals surface area contributed by atoms with E-state index in [0.717, 1.165) is 18.2 Å². The van der Waals surface area contributed by atoms with Gasteiger partial charge < -0.3 is 19.9 Å². The molecule has 1 aromatic heterocycles. The zero-order valence-electron chi connectivity index (χ0n) is 17.5. The van der Waals surface area contributed by atoms with Gasteiger partial charge in [0.15, 0.2) is 5.96 Å². The number of rotatable bonds is 7. The molecule has 1 heterocycles. The van der Waals surface area contributed by atoms with E-state index in [2.05, 4.69) is 20.4 Å². The molecule has 0 aliphatic heterocycles. The number of guanidine groups is 1. The largest absolute Gasteiger partial charge is 0.444 e. The van der Waals surface area contributed by atoms with Gasteiger partial charge in [0.1, 0.15) is 17.8 Å². The number of aliphatic imine (C=N–C) groups is 1. The molecule has 0 bridgehead atoms. The number of nitrogens with one attached hydrogen (secondary N) is 1. The lowest BCUT2D eigenvalue weighted by Gasteiger charge is -2.28. The highest BCUT2D eigenvalue weighted by Crippen LogP contribution is 2.10. The van der Waals surface area contributed by atoms with Crippen molar-refractivity contribution in [2.24, 2.45) is 12.0 Å². The molecule has 0 fully saturated rings. The number of halogens is 1. The van der Waals surface area contributed by atoms with Crippen LogP contribution in [0.5, 0.6) is 0 Å². The summed E-state index contributed by atoms with van der Waals surface area (Å²) in [6.45, 7) is 10.0. The third kappa shape index (κ3) is 9.25. The van der Waals surface area contributed by atoms with Gasteiger partial charge in [-0.05, 0) is 27.2 Å². The lowest BCUT2D eigenvalue weighted by molar-refractivity contribution is 0.0253. The van der Waals surface area contributed by atoms with Crippen LogP contribution < -0.4 is 5.32 Å². The highest BCUT2D eigenvalue weighted by Gasteiger charge is 2.21. The monoisotopic (exact) mass is 495 g/mol. The van der Waals surface area contributed by atoms with Crippen LogP contribution in [0, 0.1) is 0 Å². The normalized spacial score (nSPS) is 11.6. The molecule has 0 atom stereocenters. The van der Waals surface area contributed by atoms with Crippen LogP contribution in [0.4, 0.5) is 4.79 Å². The molecule has 0 aromatic carbocycles. The van der Waals surface area contributed by atoms with Crippen LogP contribution in [0.15, 0.2) is 11.3 Å². The zero-order chi connectivity index (χ0) is 19.7. The fraction of sp³-hybridized carbons (Fsp3) is 0.765. The average Bonchev–Trinajstić information content (AvgIpc) is 2.93. The Hall–Kier alpha value is -1.59. The summed E-state index contributed by atoms with van der Waals surface area (Å²) in [5.41, 5.74) is -0.497. The maximum absolute atomic E-state index is 12.3. The van der Waals surface area contributed by atoms with Gasteiger partial charge in [-0.1, -0.05) is 6.92 Å². The number of carbonyl (C=O) groups is 1. The van der Waals surface area contributed by atoms with E-state index in [4.69, 9.17) is 4.74 Å². The molecule has 9 nitrogen and oxygen atoms in total. The van der Waals surface area contributed by atoms with Crippen molar-refractivity contribution in [2.75, 3.05) is 33.7 Å². The van der Waals surface area contributed by atoms with Gasteiger partial charge in [0, 0.05) is 40.8 Å². The van der Waals surface area contributed by atoms with Crippen molar-refractivity contribution in [1.82, 2.24) is 29.9 Å².